The molecule has 2 heterocycles. The van der Waals surface area contributed by atoms with Gasteiger partial charge in [0.25, 0.3) is 0 Å². The molecule has 1 saturated carbocycles. The van der Waals surface area contributed by atoms with Gasteiger partial charge >= 0.3 is 7.12 Å². The molecule has 0 N–H and O–H groups in total. The number of nitrogens with zero attached hydrogens (tertiary/aromatic N) is 2. The summed E-state index contributed by atoms with van der Waals surface area (Å²) in [4.78, 5) is 9.55. The van der Waals surface area contributed by atoms with Gasteiger partial charge < -0.3 is 9.31 Å². The van der Waals surface area contributed by atoms with Crippen LogP contribution >= 0.6 is 0 Å². The minimum absolute atomic E-state index is 0.366. The Balaban J connectivity index is 1.75. The summed E-state index contributed by atoms with van der Waals surface area (Å²) < 4.78 is 12.4. The van der Waals surface area contributed by atoms with Crippen LogP contribution in [0.1, 0.15) is 52.1 Å². The van der Waals surface area contributed by atoms with E-state index in [-0.39, 0.29) is 11.2 Å². The highest BCUT2D eigenvalue weighted by Crippen LogP contribution is 2.40. The molecule has 0 atom stereocenters. The maximum absolute atomic E-state index is 6.18. The van der Waals surface area contributed by atoms with Gasteiger partial charge in [-0.1, -0.05) is 30.3 Å². The lowest BCUT2D eigenvalue weighted by Gasteiger charge is -2.32. The number of hydrogen-bond donors (Lipinski definition) is 0. The van der Waals surface area contributed by atoms with Crippen LogP contribution in [-0.4, -0.2) is 28.3 Å². The van der Waals surface area contributed by atoms with Gasteiger partial charge in [-0.25, -0.2) is 9.97 Å². The van der Waals surface area contributed by atoms with E-state index in [2.05, 4.69) is 33.8 Å². The fourth-order valence-corrected chi connectivity index (χ4v) is 2.87. The standard InChI is InChI=1S/C19H23BN2O2/c1-18(2)19(3,4)24-20(23-18)16-12-15(13-10-11-13)21-17(22-16)14-8-6-5-7-9-14/h5-9,12-13H,10-11H2,1-4H3. The van der Waals surface area contributed by atoms with E-state index in [1.165, 1.54) is 12.8 Å². The molecular weight excluding hydrogens is 299 g/mol. The Morgan fingerprint density at radius 3 is 2.17 bits per heavy atom. The Labute approximate surface area is 143 Å². The first kappa shape index (κ1) is 15.8. The zero-order chi connectivity index (χ0) is 16.9. The Bertz CT molecular complexity index is 741. The fourth-order valence-electron chi connectivity index (χ4n) is 2.87. The predicted molar refractivity (Wildman–Crippen MR) is 95.2 cm³/mol. The molecule has 124 valence electrons. The highest BCUT2D eigenvalue weighted by molar-refractivity contribution is 6.61. The zero-order valence-electron chi connectivity index (χ0n) is 14.7. The van der Waals surface area contributed by atoms with Crippen LogP contribution in [0.5, 0.6) is 0 Å². The average Bonchev–Trinajstić information content (AvgIpc) is 3.36. The summed E-state index contributed by atoms with van der Waals surface area (Å²) in [7, 11) is -0.446. The van der Waals surface area contributed by atoms with Crippen LogP contribution in [0.25, 0.3) is 11.4 Å². The second-order valence-electron chi connectivity index (χ2n) is 7.77. The number of rotatable bonds is 3. The third-order valence-corrected chi connectivity index (χ3v) is 5.29. The van der Waals surface area contributed by atoms with Crippen LogP contribution in [0.4, 0.5) is 0 Å². The summed E-state index contributed by atoms with van der Waals surface area (Å²) in [6, 6.07) is 12.2. The van der Waals surface area contributed by atoms with E-state index < -0.39 is 7.12 Å². The van der Waals surface area contributed by atoms with Gasteiger partial charge in [0.1, 0.15) is 0 Å². The lowest BCUT2D eigenvalue weighted by Crippen LogP contribution is -2.41. The highest BCUT2D eigenvalue weighted by atomic mass is 16.7. The normalized spacial score (nSPS) is 21.9. The first-order valence-electron chi connectivity index (χ1n) is 8.66. The summed E-state index contributed by atoms with van der Waals surface area (Å²) in [6.45, 7) is 8.25. The average molecular weight is 322 g/mol. The first-order chi connectivity index (χ1) is 11.4. The van der Waals surface area contributed by atoms with Crippen molar-refractivity contribution in [3.05, 3.63) is 42.1 Å². The quantitative estimate of drug-likeness (QED) is 0.813. The molecule has 1 saturated heterocycles. The summed E-state index contributed by atoms with van der Waals surface area (Å²) in [5, 5.41) is 0. The molecule has 2 aliphatic rings. The molecule has 24 heavy (non-hydrogen) atoms. The molecule has 0 unspecified atom stereocenters. The minimum Gasteiger partial charge on any atom is -0.398 e. The maximum atomic E-state index is 6.18. The van der Waals surface area contributed by atoms with Gasteiger partial charge in [-0.05, 0) is 46.6 Å². The van der Waals surface area contributed by atoms with Crippen molar-refractivity contribution in [1.82, 2.24) is 9.97 Å². The molecule has 1 aromatic carbocycles. The highest BCUT2D eigenvalue weighted by Gasteiger charge is 2.52. The predicted octanol–water partition coefficient (Wildman–Crippen LogP) is 3.32. The largest absolute Gasteiger partial charge is 0.514 e. The van der Waals surface area contributed by atoms with Crippen LogP contribution in [0.2, 0.25) is 0 Å². The second-order valence-corrected chi connectivity index (χ2v) is 7.77. The monoisotopic (exact) mass is 322 g/mol. The van der Waals surface area contributed by atoms with Crippen molar-refractivity contribution < 1.29 is 9.31 Å². The van der Waals surface area contributed by atoms with Gasteiger partial charge in [-0.15, -0.1) is 0 Å². The molecule has 4 rings (SSSR count). The maximum Gasteiger partial charge on any atom is 0.514 e. The topological polar surface area (TPSA) is 44.2 Å². The number of aromatic nitrogens is 2. The summed E-state index contributed by atoms with van der Waals surface area (Å²) in [6.07, 6.45) is 2.40. The van der Waals surface area contributed by atoms with Crippen LogP contribution in [0, 0.1) is 0 Å². The van der Waals surface area contributed by atoms with Gasteiger partial charge in [0.15, 0.2) is 5.82 Å². The zero-order valence-corrected chi connectivity index (χ0v) is 14.7. The van der Waals surface area contributed by atoms with E-state index in [9.17, 15) is 0 Å². The van der Waals surface area contributed by atoms with Crippen molar-refractivity contribution in [2.75, 3.05) is 0 Å². The molecule has 0 bridgehead atoms. The summed E-state index contributed by atoms with van der Waals surface area (Å²) >= 11 is 0. The lowest BCUT2D eigenvalue weighted by atomic mass is 9.83. The van der Waals surface area contributed by atoms with Crippen LogP contribution < -0.4 is 5.59 Å². The Hall–Kier alpha value is -1.72. The van der Waals surface area contributed by atoms with Crippen LogP contribution in [0.3, 0.4) is 0 Å². The SMILES string of the molecule is CC1(C)OB(c2cc(C3CC3)nc(-c3ccccc3)n2)OC1(C)C. The third kappa shape index (κ3) is 2.76. The summed E-state index contributed by atoms with van der Waals surface area (Å²) in [5.41, 5.74) is 2.22. The lowest BCUT2D eigenvalue weighted by molar-refractivity contribution is 0.00578. The van der Waals surface area contributed by atoms with Crippen molar-refractivity contribution in [2.24, 2.45) is 0 Å². The number of benzene rings is 1. The van der Waals surface area contributed by atoms with Gasteiger partial charge in [0, 0.05) is 17.2 Å². The minimum atomic E-state index is -0.446. The van der Waals surface area contributed by atoms with Gasteiger partial charge in [0.05, 0.1) is 16.8 Å². The van der Waals surface area contributed by atoms with Crippen LogP contribution in [0.15, 0.2) is 36.4 Å². The molecular formula is C19H23BN2O2. The molecule has 2 fully saturated rings. The first-order valence-corrected chi connectivity index (χ1v) is 8.66. The van der Waals surface area contributed by atoms with Gasteiger partial charge in [-0.2, -0.15) is 0 Å². The van der Waals surface area contributed by atoms with Gasteiger partial charge in [0.2, 0.25) is 0 Å². The van der Waals surface area contributed by atoms with E-state index in [1.54, 1.807) is 0 Å². The molecule has 0 amide bonds. The fraction of sp³-hybridized carbons (Fsp3) is 0.474. The van der Waals surface area contributed by atoms with Crippen LogP contribution in [-0.2, 0) is 9.31 Å². The molecule has 4 nitrogen and oxygen atoms in total. The number of hydrogen-bond acceptors (Lipinski definition) is 4. The Kier molecular flexibility index (Phi) is 3.55. The summed E-state index contributed by atoms with van der Waals surface area (Å²) in [5.74, 6) is 1.31. The Morgan fingerprint density at radius 2 is 1.58 bits per heavy atom. The molecule has 0 radical (unpaired) electrons. The van der Waals surface area contributed by atoms with Crippen molar-refractivity contribution in [3.8, 4) is 11.4 Å². The van der Waals surface area contributed by atoms with Crippen molar-refractivity contribution in [3.63, 3.8) is 0 Å². The van der Waals surface area contributed by atoms with E-state index in [4.69, 9.17) is 19.3 Å². The second kappa shape index (κ2) is 5.40. The molecule has 1 aliphatic heterocycles. The molecule has 1 aromatic heterocycles. The van der Waals surface area contributed by atoms with E-state index in [0.29, 0.717) is 5.92 Å². The smallest absolute Gasteiger partial charge is 0.398 e. The van der Waals surface area contributed by atoms with Crippen molar-refractivity contribution in [1.29, 1.82) is 0 Å². The molecule has 1 aliphatic carbocycles. The van der Waals surface area contributed by atoms with E-state index in [0.717, 1.165) is 22.7 Å². The van der Waals surface area contributed by atoms with Gasteiger partial charge in [-0.3, -0.25) is 0 Å². The molecule has 0 spiro atoms. The third-order valence-electron chi connectivity index (χ3n) is 5.29. The molecule has 5 heteroatoms. The van der Waals surface area contributed by atoms with Crippen molar-refractivity contribution >= 4 is 12.7 Å². The van der Waals surface area contributed by atoms with E-state index >= 15 is 0 Å². The Morgan fingerprint density at radius 1 is 0.958 bits per heavy atom. The molecule has 2 aromatic rings. The van der Waals surface area contributed by atoms with E-state index in [1.807, 2.05) is 30.3 Å². The van der Waals surface area contributed by atoms with Crippen molar-refractivity contribution in [2.45, 2.75) is 57.7 Å².